The van der Waals surface area contributed by atoms with Crippen LogP contribution in [0.3, 0.4) is 0 Å². The van der Waals surface area contributed by atoms with Crippen molar-refractivity contribution in [2.75, 3.05) is 17.2 Å². The molecular formula is C24H22N6O4. The molecule has 3 N–H and O–H groups in total. The molecule has 0 aliphatic carbocycles. The van der Waals surface area contributed by atoms with Crippen molar-refractivity contribution in [1.82, 2.24) is 20.2 Å². The van der Waals surface area contributed by atoms with E-state index in [9.17, 15) is 9.90 Å². The predicted octanol–water partition coefficient (Wildman–Crippen LogP) is 3.77. The summed E-state index contributed by atoms with van der Waals surface area (Å²) in [5.41, 5.74) is 1.68. The number of ether oxygens (including phenoxy) is 1. The van der Waals surface area contributed by atoms with Crippen LogP contribution >= 0.6 is 0 Å². The first-order chi connectivity index (χ1) is 16.4. The number of ketones is 1. The molecule has 10 nitrogen and oxygen atoms in total. The van der Waals surface area contributed by atoms with Gasteiger partial charge < -0.3 is 24.9 Å². The molecule has 0 unspecified atom stereocenters. The van der Waals surface area contributed by atoms with Gasteiger partial charge in [0.05, 0.1) is 23.8 Å². The largest absolute Gasteiger partial charge is 0.479 e. The van der Waals surface area contributed by atoms with Gasteiger partial charge in [0, 0.05) is 18.0 Å². The Balaban J connectivity index is 1.46. The van der Waals surface area contributed by atoms with Crippen LogP contribution < -0.4 is 15.4 Å². The van der Waals surface area contributed by atoms with Gasteiger partial charge in [0.2, 0.25) is 18.1 Å². The summed E-state index contributed by atoms with van der Waals surface area (Å²) in [4.78, 5) is 21.4. The first-order valence-corrected chi connectivity index (χ1v) is 10.7. The molecule has 0 saturated carbocycles. The van der Waals surface area contributed by atoms with Crippen LogP contribution in [0.1, 0.15) is 35.8 Å². The predicted molar refractivity (Wildman–Crippen MR) is 124 cm³/mol. The number of rotatable bonds is 7. The zero-order valence-corrected chi connectivity index (χ0v) is 18.5. The number of hydrogen-bond donors (Lipinski definition) is 3. The van der Waals surface area contributed by atoms with E-state index in [0.717, 1.165) is 5.56 Å². The highest BCUT2D eigenvalue weighted by Crippen LogP contribution is 2.37. The van der Waals surface area contributed by atoms with E-state index in [2.05, 4.69) is 30.8 Å². The van der Waals surface area contributed by atoms with E-state index in [1.54, 1.807) is 38.2 Å². The molecule has 3 heterocycles. The molecule has 0 amide bonds. The van der Waals surface area contributed by atoms with Crippen LogP contribution in [0.15, 0.2) is 65.5 Å². The summed E-state index contributed by atoms with van der Waals surface area (Å²) < 4.78 is 11.1. The molecule has 1 atom stereocenters. The fourth-order valence-electron chi connectivity index (χ4n) is 3.73. The average molecular weight is 458 g/mol. The van der Waals surface area contributed by atoms with Crippen molar-refractivity contribution < 1.29 is 19.1 Å². The van der Waals surface area contributed by atoms with Gasteiger partial charge in [-0.2, -0.15) is 4.98 Å². The van der Waals surface area contributed by atoms with Gasteiger partial charge in [-0.3, -0.25) is 4.79 Å². The van der Waals surface area contributed by atoms with E-state index < -0.39 is 11.6 Å². The number of nitrogens with one attached hydrogen (secondary N) is 2. The maximum atomic E-state index is 12.4. The van der Waals surface area contributed by atoms with Crippen molar-refractivity contribution in [2.45, 2.75) is 25.5 Å². The maximum absolute atomic E-state index is 12.4. The SMILES string of the molecule is CC1(C)Oc2cc(Nc3ncc(-c4nnco4)c(N[C@H](CO)c4ccccc4)n3)ccc2C1=O. The number of aliphatic hydroxyl groups excluding tert-OH is 1. The number of fused-ring (bicyclic) bond motifs is 1. The van der Waals surface area contributed by atoms with Gasteiger partial charge >= 0.3 is 0 Å². The number of carbonyl (C=O) groups excluding carboxylic acids is 1. The smallest absolute Gasteiger partial charge is 0.252 e. The van der Waals surface area contributed by atoms with E-state index >= 15 is 0 Å². The molecule has 4 aromatic rings. The summed E-state index contributed by atoms with van der Waals surface area (Å²) in [7, 11) is 0. The second-order valence-electron chi connectivity index (χ2n) is 8.27. The summed E-state index contributed by atoms with van der Waals surface area (Å²) in [5.74, 6) is 1.38. The van der Waals surface area contributed by atoms with Crippen LogP contribution in [0, 0.1) is 0 Å². The molecule has 172 valence electrons. The van der Waals surface area contributed by atoms with Crippen molar-refractivity contribution in [1.29, 1.82) is 0 Å². The van der Waals surface area contributed by atoms with Crippen molar-refractivity contribution in [2.24, 2.45) is 0 Å². The average Bonchev–Trinajstić information content (AvgIpc) is 3.44. The Morgan fingerprint density at radius 1 is 1.12 bits per heavy atom. The van der Waals surface area contributed by atoms with Gasteiger partial charge in [0.15, 0.2) is 5.60 Å². The number of Topliss-reactive ketones (excluding diaryl/α,β-unsaturated/α-hetero) is 1. The lowest BCUT2D eigenvalue weighted by molar-refractivity contribution is 0.0684. The lowest BCUT2D eigenvalue weighted by Gasteiger charge is -2.19. The molecule has 0 bridgehead atoms. The Morgan fingerprint density at radius 3 is 2.68 bits per heavy atom. The van der Waals surface area contributed by atoms with E-state index in [4.69, 9.17) is 9.15 Å². The van der Waals surface area contributed by atoms with Gasteiger partial charge in [-0.1, -0.05) is 30.3 Å². The van der Waals surface area contributed by atoms with Crippen molar-refractivity contribution in [3.8, 4) is 17.2 Å². The third kappa shape index (κ3) is 4.06. The second-order valence-corrected chi connectivity index (χ2v) is 8.27. The molecule has 10 heteroatoms. The molecule has 34 heavy (non-hydrogen) atoms. The van der Waals surface area contributed by atoms with Crippen LogP contribution in [0.2, 0.25) is 0 Å². The Bertz CT molecular complexity index is 1320. The molecule has 1 aliphatic rings. The van der Waals surface area contributed by atoms with Gasteiger partial charge in [0.1, 0.15) is 11.6 Å². The summed E-state index contributed by atoms with van der Waals surface area (Å²) in [5, 5.41) is 24.1. The second kappa shape index (κ2) is 8.56. The number of aromatic nitrogens is 4. The fourth-order valence-corrected chi connectivity index (χ4v) is 3.73. The Morgan fingerprint density at radius 2 is 1.94 bits per heavy atom. The minimum absolute atomic E-state index is 0.0587. The topological polar surface area (TPSA) is 135 Å². The monoisotopic (exact) mass is 458 g/mol. The Kier molecular flexibility index (Phi) is 5.42. The molecule has 0 saturated heterocycles. The Labute approximate surface area is 195 Å². The van der Waals surface area contributed by atoms with E-state index in [1.165, 1.54) is 6.39 Å². The highest BCUT2D eigenvalue weighted by Gasteiger charge is 2.39. The van der Waals surface area contributed by atoms with Gasteiger partial charge in [-0.05, 0) is 31.5 Å². The molecule has 1 aliphatic heterocycles. The van der Waals surface area contributed by atoms with Crippen LogP contribution in [0.25, 0.3) is 11.5 Å². The highest BCUT2D eigenvalue weighted by atomic mass is 16.5. The summed E-state index contributed by atoms with van der Waals surface area (Å²) in [6.07, 6.45) is 2.78. The van der Waals surface area contributed by atoms with Crippen LogP contribution in [-0.2, 0) is 0 Å². The standard InChI is InChI=1S/C24H22N6O4/c1-24(2)20(32)16-9-8-15(10-19(16)34-24)27-23-25-11-17(22-30-26-13-33-22)21(29-23)28-18(12-31)14-6-4-3-5-7-14/h3-11,13,18,31H,12H2,1-2H3,(H2,25,27,28,29)/t18-/m1/s1. The van der Waals surface area contributed by atoms with E-state index in [1.807, 2.05) is 30.3 Å². The number of nitrogens with zero attached hydrogens (tertiary/aromatic N) is 4. The third-order valence-electron chi connectivity index (χ3n) is 5.47. The number of hydrogen-bond acceptors (Lipinski definition) is 10. The molecule has 0 spiro atoms. The summed E-state index contributed by atoms with van der Waals surface area (Å²) in [6, 6.07) is 14.3. The first-order valence-electron chi connectivity index (χ1n) is 10.7. The van der Waals surface area contributed by atoms with Crippen molar-refractivity contribution >= 4 is 23.2 Å². The quantitative estimate of drug-likeness (QED) is 0.375. The molecule has 0 fully saturated rings. The molecule has 2 aromatic carbocycles. The lowest BCUT2D eigenvalue weighted by Crippen LogP contribution is -2.31. The zero-order valence-electron chi connectivity index (χ0n) is 18.5. The number of aliphatic hydroxyl groups is 1. The maximum Gasteiger partial charge on any atom is 0.252 e. The van der Waals surface area contributed by atoms with Crippen LogP contribution in [-0.4, -0.2) is 43.3 Å². The minimum Gasteiger partial charge on any atom is -0.479 e. The molecule has 5 rings (SSSR count). The summed E-state index contributed by atoms with van der Waals surface area (Å²) >= 11 is 0. The van der Waals surface area contributed by atoms with Gasteiger partial charge in [0.25, 0.3) is 5.89 Å². The third-order valence-corrected chi connectivity index (χ3v) is 5.47. The minimum atomic E-state index is -0.892. The van der Waals surface area contributed by atoms with Crippen LogP contribution in [0.4, 0.5) is 17.5 Å². The fraction of sp³-hybridized carbons (Fsp3) is 0.208. The zero-order chi connectivity index (χ0) is 23.7. The first kappa shape index (κ1) is 21.5. The molecule has 0 radical (unpaired) electrons. The normalized spacial score (nSPS) is 14.9. The molecule has 2 aromatic heterocycles. The summed E-state index contributed by atoms with van der Waals surface area (Å²) in [6.45, 7) is 3.32. The lowest BCUT2D eigenvalue weighted by atomic mass is 10.00. The number of benzene rings is 2. The molecular weight excluding hydrogens is 436 g/mol. The number of anilines is 3. The van der Waals surface area contributed by atoms with E-state index in [-0.39, 0.29) is 18.3 Å². The van der Waals surface area contributed by atoms with Gasteiger partial charge in [-0.25, -0.2) is 4.98 Å². The van der Waals surface area contributed by atoms with Gasteiger partial charge in [-0.15, -0.1) is 10.2 Å². The van der Waals surface area contributed by atoms with Crippen LogP contribution in [0.5, 0.6) is 5.75 Å². The Hall–Kier alpha value is -4.31. The van der Waals surface area contributed by atoms with E-state index in [0.29, 0.717) is 34.3 Å². The number of carbonyl (C=O) groups is 1. The highest BCUT2D eigenvalue weighted by molar-refractivity contribution is 6.07. The van der Waals surface area contributed by atoms with Crippen molar-refractivity contribution in [3.63, 3.8) is 0 Å². The van der Waals surface area contributed by atoms with Crippen molar-refractivity contribution in [3.05, 3.63) is 72.2 Å².